The number of likely N-dealkylation sites (N-methyl/N-ethyl adjacent to an activating group) is 1. The van der Waals surface area contributed by atoms with Crippen molar-refractivity contribution in [2.24, 2.45) is 0 Å². The summed E-state index contributed by atoms with van der Waals surface area (Å²) in [5, 5.41) is 13.5. The van der Waals surface area contributed by atoms with Gasteiger partial charge in [-0.15, -0.1) is 0 Å². The Labute approximate surface area is 151 Å². The smallest absolute Gasteiger partial charge is 0.257 e. The summed E-state index contributed by atoms with van der Waals surface area (Å²) >= 11 is 0. The third kappa shape index (κ3) is 3.77. The topological polar surface area (TPSA) is 107 Å². The third-order valence-corrected chi connectivity index (χ3v) is 4.71. The van der Waals surface area contributed by atoms with Crippen molar-refractivity contribution in [1.29, 1.82) is 0 Å². The Kier molecular flexibility index (Phi) is 5.36. The zero-order valence-electron chi connectivity index (χ0n) is 15.3. The van der Waals surface area contributed by atoms with Crippen LogP contribution in [0.4, 0.5) is 0 Å². The highest BCUT2D eigenvalue weighted by Crippen LogP contribution is 2.14. The molecule has 26 heavy (non-hydrogen) atoms. The molecule has 2 amide bonds. The lowest BCUT2D eigenvalue weighted by Gasteiger charge is -2.38. The van der Waals surface area contributed by atoms with Gasteiger partial charge in [0.2, 0.25) is 5.91 Å². The number of aromatic nitrogens is 3. The van der Waals surface area contributed by atoms with Gasteiger partial charge in [-0.25, -0.2) is 0 Å². The van der Waals surface area contributed by atoms with Gasteiger partial charge in [0.05, 0.1) is 24.0 Å². The molecule has 9 nitrogen and oxygen atoms in total. The second kappa shape index (κ2) is 7.69. The predicted molar refractivity (Wildman–Crippen MR) is 93.4 cm³/mol. The van der Waals surface area contributed by atoms with Crippen LogP contribution in [0.15, 0.2) is 16.8 Å². The van der Waals surface area contributed by atoms with E-state index in [1.807, 2.05) is 31.9 Å². The number of aromatic amines is 1. The first-order valence-electron chi connectivity index (χ1n) is 8.71. The zero-order valence-corrected chi connectivity index (χ0v) is 15.3. The van der Waals surface area contributed by atoms with E-state index < -0.39 is 6.04 Å². The molecule has 2 N–H and O–H groups in total. The van der Waals surface area contributed by atoms with Crippen LogP contribution in [0.2, 0.25) is 0 Å². The summed E-state index contributed by atoms with van der Waals surface area (Å²) < 4.78 is 5.19. The van der Waals surface area contributed by atoms with E-state index in [2.05, 4.69) is 20.7 Å². The summed E-state index contributed by atoms with van der Waals surface area (Å²) in [5.74, 6) is 0.379. The zero-order chi connectivity index (χ0) is 18.7. The number of hydrogen-bond acceptors (Lipinski definition) is 6. The number of nitrogens with one attached hydrogen (secondary N) is 2. The monoisotopic (exact) mass is 360 g/mol. The van der Waals surface area contributed by atoms with Gasteiger partial charge in [-0.2, -0.15) is 5.10 Å². The van der Waals surface area contributed by atoms with E-state index in [-0.39, 0.29) is 18.4 Å². The van der Waals surface area contributed by atoms with Gasteiger partial charge in [0, 0.05) is 31.4 Å². The van der Waals surface area contributed by atoms with E-state index in [1.54, 1.807) is 4.90 Å². The first kappa shape index (κ1) is 18.1. The van der Waals surface area contributed by atoms with Crippen LogP contribution < -0.4 is 5.32 Å². The number of rotatable bonds is 5. The van der Waals surface area contributed by atoms with Crippen molar-refractivity contribution in [2.75, 3.05) is 26.7 Å². The first-order valence-corrected chi connectivity index (χ1v) is 8.71. The summed E-state index contributed by atoms with van der Waals surface area (Å²) in [5.41, 5.74) is 2.13. The Morgan fingerprint density at radius 3 is 2.88 bits per heavy atom. The van der Waals surface area contributed by atoms with Gasteiger partial charge >= 0.3 is 0 Å². The molecule has 2 aromatic rings. The fourth-order valence-electron chi connectivity index (χ4n) is 2.98. The minimum atomic E-state index is -0.409. The molecule has 0 spiro atoms. The van der Waals surface area contributed by atoms with Gasteiger partial charge in [0.25, 0.3) is 5.91 Å². The molecule has 9 heteroatoms. The van der Waals surface area contributed by atoms with Crippen molar-refractivity contribution in [1.82, 2.24) is 30.5 Å². The first-order chi connectivity index (χ1) is 12.5. The SMILES string of the molecule is CCc1cc(CNC(=O)[C@@H]2CN(C(=O)c3cn[nH]c3C)CCN2C)on1. The van der Waals surface area contributed by atoms with Gasteiger partial charge < -0.3 is 14.7 Å². The minimum absolute atomic E-state index is 0.107. The number of piperazine rings is 1. The number of aryl methyl sites for hydroxylation is 2. The fraction of sp³-hybridized carbons (Fsp3) is 0.529. The third-order valence-electron chi connectivity index (χ3n) is 4.71. The van der Waals surface area contributed by atoms with Crippen LogP contribution in [-0.2, 0) is 17.8 Å². The maximum absolute atomic E-state index is 12.7. The van der Waals surface area contributed by atoms with Crippen LogP contribution in [0.5, 0.6) is 0 Å². The average molecular weight is 360 g/mol. The summed E-state index contributed by atoms with van der Waals surface area (Å²) in [6, 6.07) is 1.43. The molecule has 0 unspecified atom stereocenters. The van der Waals surface area contributed by atoms with E-state index in [0.717, 1.165) is 17.8 Å². The molecule has 3 rings (SSSR count). The standard InChI is InChI=1S/C17H24N6O3/c1-4-12-7-13(26-21-12)8-18-16(24)15-10-23(6-5-22(15)3)17(25)14-9-19-20-11(14)2/h7,9,15H,4-6,8,10H2,1-3H3,(H,18,24)(H,19,20)/t15-/m0/s1. The van der Waals surface area contributed by atoms with E-state index in [1.165, 1.54) is 6.20 Å². The second-order valence-corrected chi connectivity index (χ2v) is 6.51. The lowest BCUT2D eigenvalue weighted by atomic mass is 10.1. The van der Waals surface area contributed by atoms with E-state index >= 15 is 0 Å². The van der Waals surface area contributed by atoms with E-state index in [0.29, 0.717) is 31.0 Å². The second-order valence-electron chi connectivity index (χ2n) is 6.51. The van der Waals surface area contributed by atoms with Crippen LogP contribution in [0.3, 0.4) is 0 Å². The van der Waals surface area contributed by atoms with Crippen molar-refractivity contribution in [3.63, 3.8) is 0 Å². The predicted octanol–water partition coefficient (Wildman–Crippen LogP) is 0.341. The van der Waals surface area contributed by atoms with Crippen molar-refractivity contribution < 1.29 is 14.1 Å². The molecule has 1 aliphatic rings. The van der Waals surface area contributed by atoms with Crippen LogP contribution in [0, 0.1) is 6.92 Å². The minimum Gasteiger partial charge on any atom is -0.359 e. The molecule has 1 fully saturated rings. The van der Waals surface area contributed by atoms with Gasteiger partial charge in [0.15, 0.2) is 5.76 Å². The quantitative estimate of drug-likeness (QED) is 0.796. The molecule has 2 aromatic heterocycles. The summed E-state index contributed by atoms with van der Waals surface area (Å²) in [4.78, 5) is 28.9. The normalized spacial score (nSPS) is 18.1. The van der Waals surface area contributed by atoms with E-state index in [4.69, 9.17) is 4.52 Å². The Morgan fingerprint density at radius 2 is 2.23 bits per heavy atom. The molecule has 0 radical (unpaired) electrons. The highest BCUT2D eigenvalue weighted by molar-refractivity contribution is 5.95. The molecule has 0 bridgehead atoms. The summed E-state index contributed by atoms with van der Waals surface area (Å²) in [6.07, 6.45) is 2.31. The number of carbonyl (C=O) groups is 2. The molecule has 0 aromatic carbocycles. The van der Waals surface area contributed by atoms with Crippen molar-refractivity contribution in [3.05, 3.63) is 35.0 Å². The highest BCUT2D eigenvalue weighted by Gasteiger charge is 2.33. The van der Waals surface area contributed by atoms with Gasteiger partial charge in [0.1, 0.15) is 6.04 Å². The number of H-pyrrole nitrogens is 1. The Bertz CT molecular complexity index is 783. The molecule has 1 atom stereocenters. The van der Waals surface area contributed by atoms with Crippen LogP contribution in [-0.4, -0.2) is 69.7 Å². The van der Waals surface area contributed by atoms with E-state index in [9.17, 15) is 9.59 Å². The van der Waals surface area contributed by atoms with Gasteiger partial charge in [-0.3, -0.25) is 19.6 Å². The summed E-state index contributed by atoms with van der Waals surface area (Å²) in [7, 11) is 1.89. The number of nitrogens with zero attached hydrogens (tertiary/aromatic N) is 4. The molecule has 0 aliphatic carbocycles. The molecular formula is C17H24N6O3. The lowest BCUT2D eigenvalue weighted by Crippen LogP contribution is -2.58. The average Bonchev–Trinajstić information content (AvgIpc) is 3.28. The molecular weight excluding hydrogens is 336 g/mol. The highest BCUT2D eigenvalue weighted by atomic mass is 16.5. The molecule has 3 heterocycles. The van der Waals surface area contributed by atoms with Crippen LogP contribution >= 0.6 is 0 Å². The van der Waals surface area contributed by atoms with Crippen molar-refractivity contribution in [2.45, 2.75) is 32.9 Å². The lowest BCUT2D eigenvalue weighted by molar-refractivity contribution is -0.127. The van der Waals surface area contributed by atoms with Crippen LogP contribution in [0.1, 0.15) is 34.4 Å². The largest absolute Gasteiger partial charge is 0.359 e. The maximum atomic E-state index is 12.7. The Balaban J connectivity index is 1.61. The van der Waals surface area contributed by atoms with Gasteiger partial charge in [-0.05, 0) is 20.4 Å². The number of amides is 2. The summed E-state index contributed by atoms with van der Waals surface area (Å²) in [6.45, 7) is 5.62. The number of carbonyl (C=O) groups excluding carboxylic acids is 2. The maximum Gasteiger partial charge on any atom is 0.257 e. The Hall–Kier alpha value is -2.68. The van der Waals surface area contributed by atoms with Crippen molar-refractivity contribution >= 4 is 11.8 Å². The fourth-order valence-corrected chi connectivity index (χ4v) is 2.98. The Morgan fingerprint density at radius 1 is 1.42 bits per heavy atom. The molecule has 0 saturated carbocycles. The van der Waals surface area contributed by atoms with Crippen LogP contribution in [0.25, 0.3) is 0 Å². The molecule has 1 aliphatic heterocycles. The molecule has 140 valence electrons. The number of hydrogen-bond donors (Lipinski definition) is 2. The van der Waals surface area contributed by atoms with Gasteiger partial charge in [-0.1, -0.05) is 12.1 Å². The molecule has 1 saturated heterocycles. The van der Waals surface area contributed by atoms with Crippen molar-refractivity contribution in [3.8, 4) is 0 Å².